The molecule has 0 unspecified atom stereocenters. The molecule has 1 heterocycles. The number of ether oxygens (including phenoxy) is 1. The zero-order valence-electron chi connectivity index (χ0n) is 16.5. The van der Waals surface area contributed by atoms with Gasteiger partial charge in [-0.3, -0.25) is 9.78 Å². The number of hydrogen-bond acceptors (Lipinski definition) is 4. The number of nitrogens with one attached hydrogen (secondary N) is 3. The lowest BCUT2D eigenvalue weighted by Gasteiger charge is -2.12. The zero-order chi connectivity index (χ0) is 23.3. The Kier molecular flexibility index (Phi) is 6.57. The van der Waals surface area contributed by atoms with Crippen molar-refractivity contribution in [2.75, 3.05) is 17.7 Å². The van der Waals surface area contributed by atoms with Crippen LogP contribution in [0.15, 0.2) is 60.8 Å². The second kappa shape index (κ2) is 9.33. The van der Waals surface area contributed by atoms with Gasteiger partial charge in [-0.2, -0.15) is 13.2 Å². The molecule has 11 heteroatoms. The van der Waals surface area contributed by atoms with E-state index in [4.69, 9.17) is 4.74 Å². The Labute approximate surface area is 179 Å². The van der Waals surface area contributed by atoms with Crippen LogP contribution in [0.2, 0.25) is 0 Å². The van der Waals surface area contributed by atoms with Gasteiger partial charge >= 0.3 is 12.2 Å². The molecule has 1 aromatic heterocycles. The fourth-order valence-electron chi connectivity index (χ4n) is 2.58. The van der Waals surface area contributed by atoms with Gasteiger partial charge in [0.05, 0.1) is 11.3 Å². The van der Waals surface area contributed by atoms with Crippen molar-refractivity contribution in [2.24, 2.45) is 0 Å². The van der Waals surface area contributed by atoms with E-state index >= 15 is 0 Å². The van der Waals surface area contributed by atoms with Crippen LogP contribution >= 0.6 is 0 Å². The van der Waals surface area contributed by atoms with E-state index in [0.717, 1.165) is 24.3 Å². The SMILES string of the molecule is CNC(=O)c1cc(Oc2ccc(NC(=O)Nc3cccc(C(F)(F)F)c3)c(F)c2)ccn1. The summed E-state index contributed by atoms with van der Waals surface area (Å²) in [5.41, 5.74) is -1.15. The quantitative estimate of drug-likeness (QED) is 0.477. The number of rotatable bonds is 5. The second-order valence-electron chi connectivity index (χ2n) is 6.36. The Bertz CT molecular complexity index is 1150. The van der Waals surface area contributed by atoms with Crippen LogP contribution < -0.4 is 20.7 Å². The van der Waals surface area contributed by atoms with Crippen molar-refractivity contribution in [3.8, 4) is 11.5 Å². The van der Waals surface area contributed by atoms with Gasteiger partial charge < -0.3 is 20.7 Å². The summed E-state index contributed by atoms with van der Waals surface area (Å²) in [4.78, 5) is 27.6. The first kappa shape index (κ1) is 22.5. The number of anilines is 2. The summed E-state index contributed by atoms with van der Waals surface area (Å²) in [7, 11) is 1.45. The number of pyridine rings is 1. The van der Waals surface area contributed by atoms with Crippen molar-refractivity contribution >= 4 is 23.3 Å². The Balaban J connectivity index is 1.67. The van der Waals surface area contributed by atoms with E-state index in [1.54, 1.807) is 0 Å². The Hall–Kier alpha value is -4.15. The van der Waals surface area contributed by atoms with Crippen molar-refractivity contribution in [3.63, 3.8) is 0 Å². The number of aromatic nitrogens is 1. The topological polar surface area (TPSA) is 92.4 Å². The van der Waals surface area contributed by atoms with Crippen molar-refractivity contribution in [3.05, 3.63) is 77.9 Å². The first-order chi connectivity index (χ1) is 15.2. The third-order valence-electron chi connectivity index (χ3n) is 4.06. The third-order valence-corrected chi connectivity index (χ3v) is 4.06. The number of urea groups is 1. The van der Waals surface area contributed by atoms with Crippen LogP contribution in [0.5, 0.6) is 11.5 Å². The van der Waals surface area contributed by atoms with E-state index in [-0.39, 0.29) is 28.6 Å². The molecule has 0 spiro atoms. The van der Waals surface area contributed by atoms with E-state index in [2.05, 4.69) is 20.9 Å². The van der Waals surface area contributed by atoms with Gasteiger partial charge in [-0.15, -0.1) is 0 Å². The number of halogens is 4. The number of carbonyl (C=O) groups is 2. The number of carbonyl (C=O) groups excluding carboxylic acids is 2. The molecule has 3 aromatic rings. The van der Waals surface area contributed by atoms with Crippen LogP contribution in [-0.2, 0) is 6.18 Å². The normalized spacial score (nSPS) is 10.9. The molecule has 0 aliphatic rings. The second-order valence-corrected chi connectivity index (χ2v) is 6.36. The van der Waals surface area contributed by atoms with Crippen LogP contribution in [0.4, 0.5) is 33.7 Å². The molecule has 32 heavy (non-hydrogen) atoms. The Morgan fingerprint density at radius 1 is 0.969 bits per heavy atom. The van der Waals surface area contributed by atoms with E-state index in [1.165, 1.54) is 43.6 Å². The Morgan fingerprint density at radius 2 is 1.72 bits per heavy atom. The van der Waals surface area contributed by atoms with Gasteiger partial charge in [-0.25, -0.2) is 9.18 Å². The van der Waals surface area contributed by atoms with Gasteiger partial charge in [0, 0.05) is 31.1 Å². The molecular formula is C21H16F4N4O3. The standard InChI is InChI=1S/C21H16F4N4O3/c1-26-19(30)18-11-15(7-8-27-18)32-14-5-6-17(16(22)10-14)29-20(31)28-13-4-2-3-12(9-13)21(23,24)25/h2-11H,1H3,(H,26,30)(H2,28,29,31). The van der Waals surface area contributed by atoms with Crippen LogP contribution in [0, 0.1) is 5.82 Å². The molecule has 0 aliphatic carbocycles. The third kappa shape index (κ3) is 5.72. The fraction of sp³-hybridized carbons (Fsp3) is 0.0952. The summed E-state index contributed by atoms with van der Waals surface area (Å²) >= 11 is 0. The molecule has 3 N–H and O–H groups in total. The molecule has 0 saturated carbocycles. The van der Waals surface area contributed by atoms with Gasteiger partial charge in [-0.05, 0) is 36.4 Å². The minimum absolute atomic E-state index is 0.0837. The van der Waals surface area contributed by atoms with E-state index in [1.807, 2.05) is 0 Å². The highest BCUT2D eigenvalue weighted by Crippen LogP contribution is 2.31. The molecule has 3 amide bonds. The van der Waals surface area contributed by atoms with Gasteiger partial charge in [0.15, 0.2) is 0 Å². The zero-order valence-corrected chi connectivity index (χ0v) is 16.5. The lowest BCUT2D eigenvalue weighted by Crippen LogP contribution is -2.20. The number of benzene rings is 2. The minimum Gasteiger partial charge on any atom is -0.457 e. The maximum atomic E-state index is 14.4. The predicted molar refractivity (Wildman–Crippen MR) is 108 cm³/mol. The molecule has 0 saturated heterocycles. The van der Waals surface area contributed by atoms with Crippen molar-refractivity contribution in [1.29, 1.82) is 0 Å². The molecule has 0 radical (unpaired) electrons. The summed E-state index contributed by atoms with van der Waals surface area (Å²) in [6, 6.07) is 9.52. The molecule has 7 nitrogen and oxygen atoms in total. The summed E-state index contributed by atoms with van der Waals surface area (Å²) in [5, 5.41) is 6.84. The summed E-state index contributed by atoms with van der Waals surface area (Å²) in [5.74, 6) is -0.948. The predicted octanol–water partition coefficient (Wildman–Crippen LogP) is 5.04. The fourth-order valence-corrected chi connectivity index (χ4v) is 2.58. The molecule has 0 bridgehead atoms. The van der Waals surface area contributed by atoms with Crippen LogP contribution in [0.3, 0.4) is 0 Å². The number of nitrogens with zero attached hydrogens (tertiary/aromatic N) is 1. The van der Waals surface area contributed by atoms with Crippen molar-refractivity contribution < 1.29 is 31.9 Å². The van der Waals surface area contributed by atoms with E-state index in [9.17, 15) is 27.2 Å². The van der Waals surface area contributed by atoms with Crippen LogP contribution in [-0.4, -0.2) is 24.0 Å². The minimum atomic E-state index is -4.56. The molecule has 2 aromatic carbocycles. The molecule has 0 aliphatic heterocycles. The van der Waals surface area contributed by atoms with E-state index in [0.29, 0.717) is 0 Å². The first-order valence-electron chi connectivity index (χ1n) is 9.06. The highest BCUT2D eigenvalue weighted by atomic mass is 19.4. The molecule has 166 valence electrons. The lowest BCUT2D eigenvalue weighted by atomic mass is 10.2. The summed E-state index contributed by atoms with van der Waals surface area (Å²) < 4.78 is 58.2. The highest BCUT2D eigenvalue weighted by Gasteiger charge is 2.30. The van der Waals surface area contributed by atoms with Crippen molar-refractivity contribution in [2.45, 2.75) is 6.18 Å². The maximum Gasteiger partial charge on any atom is 0.416 e. The number of hydrogen-bond donors (Lipinski definition) is 3. The maximum absolute atomic E-state index is 14.4. The summed E-state index contributed by atoms with van der Waals surface area (Å²) in [6.45, 7) is 0. The van der Waals surface area contributed by atoms with Crippen LogP contribution in [0.1, 0.15) is 16.1 Å². The monoisotopic (exact) mass is 448 g/mol. The molecule has 3 rings (SSSR count). The van der Waals surface area contributed by atoms with E-state index < -0.39 is 29.5 Å². The van der Waals surface area contributed by atoms with Gasteiger partial charge in [0.25, 0.3) is 5.91 Å². The Morgan fingerprint density at radius 3 is 2.41 bits per heavy atom. The van der Waals surface area contributed by atoms with Gasteiger partial charge in [-0.1, -0.05) is 6.07 Å². The number of amides is 3. The van der Waals surface area contributed by atoms with Gasteiger partial charge in [0.1, 0.15) is 23.0 Å². The smallest absolute Gasteiger partial charge is 0.416 e. The summed E-state index contributed by atoms with van der Waals surface area (Å²) in [6.07, 6.45) is -3.21. The lowest BCUT2D eigenvalue weighted by molar-refractivity contribution is -0.137. The first-order valence-corrected chi connectivity index (χ1v) is 9.06. The average molecular weight is 448 g/mol. The molecule has 0 atom stereocenters. The average Bonchev–Trinajstić information content (AvgIpc) is 2.75. The molecular weight excluding hydrogens is 432 g/mol. The van der Waals surface area contributed by atoms with Gasteiger partial charge in [0.2, 0.25) is 0 Å². The van der Waals surface area contributed by atoms with Crippen molar-refractivity contribution in [1.82, 2.24) is 10.3 Å². The molecule has 0 fully saturated rings. The highest BCUT2D eigenvalue weighted by molar-refractivity contribution is 5.99. The number of alkyl halides is 3. The van der Waals surface area contributed by atoms with Crippen LogP contribution in [0.25, 0.3) is 0 Å². The largest absolute Gasteiger partial charge is 0.457 e.